The Morgan fingerprint density at radius 3 is 2.72 bits per heavy atom. The maximum Gasteiger partial charge on any atom is 0.0807 e. The van der Waals surface area contributed by atoms with E-state index in [0.29, 0.717) is 6.04 Å². The number of aliphatic hydroxyl groups is 1. The molecule has 18 heavy (non-hydrogen) atoms. The zero-order valence-electron chi connectivity index (χ0n) is 11.6. The van der Waals surface area contributed by atoms with Crippen LogP contribution in [-0.2, 0) is 0 Å². The molecule has 0 amide bonds. The molecule has 100 valence electrons. The van der Waals surface area contributed by atoms with E-state index < -0.39 is 0 Å². The van der Waals surface area contributed by atoms with Crippen molar-refractivity contribution in [2.75, 3.05) is 32.1 Å². The van der Waals surface area contributed by atoms with Gasteiger partial charge in [0.1, 0.15) is 0 Å². The number of hydrogen-bond acceptors (Lipinski definition) is 3. The number of aliphatic hydroxyl groups excluding tert-OH is 1. The van der Waals surface area contributed by atoms with E-state index >= 15 is 0 Å². The van der Waals surface area contributed by atoms with Crippen LogP contribution in [0.3, 0.4) is 0 Å². The smallest absolute Gasteiger partial charge is 0.0807 e. The van der Waals surface area contributed by atoms with Crippen LogP contribution in [0.2, 0.25) is 0 Å². The Morgan fingerprint density at radius 1 is 1.39 bits per heavy atom. The third-order valence-corrected chi connectivity index (χ3v) is 3.92. The van der Waals surface area contributed by atoms with E-state index in [-0.39, 0.29) is 6.10 Å². The van der Waals surface area contributed by atoms with Crippen molar-refractivity contribution < 1.29 is 5.11 Å². The summed E-state index contributed by atoms with van der Waals surface area (Å²) in [5.74, 6) is 0. The van der Waals surface area contributed by atoms with Crippen molar-refractivity contribution in [3.8, 4) is 0 Å². The fraction of sp³-hybridized carbons (Fsp3) is 0.600. The van der Waals surface area contributed by atoms with Gasteiger partial charge in [0.05, 0.1) is 6.10 Å². The number of hydrogen-bond donors (Lipinski definition) is 1. The highest BCUT2D eigenvalue weighted by molar-refractivity contribution is 5.55. The zero-order valence-corrected chi connectivity index (χ0v) is 11.6. The minimum absolute atomic E-state index is 0.348. The quantitative estimate of drug-likeness (QED) is 0.885. The molecule has 1 aliphatic rings. The topological polar surface area (TPSA) is 26.7 Å². The molecule has 2 rings (SSSR count). The summed E-state index contributed by atoms with van der Waals surface area (Å²) in [6.45, 7) is 4.16. The summed E-state index contributed by atoms with van der Waals surface area (Å²) < 4.78 is 0. The lowest BCUT2D eigenvalue weighted by Gasteiger charge is -2.25. The van der Waals surface area contributed by atoms with Crippen molar-refractivity contribution in [3.63, 3.8) is 0 Å². The van der Waals surface area contributed by atoms with Crippen LogP contribution in [0.4, 0.5) is 5.69 Å². The number of benzene rings is 1. The van der Waals surface area contributed by atoms with Crippen LogP contribution in [0.15, 0.2) is 24.3 Å². The van der Waals surface area contributed by atoms with E-state index in [1.54, 1.807) is 0 Å². The van der Waals surface area contributed by atoms with Crippen LogP contribution in [0, 0.1) is 0 Å². The normalized spacial score (nSPS) is 21.6. The summed E-state index contributed by atoms with van der Waals surface area (Å²) in [6, 6.07) is 8.87. The molecule has 0 spiro atoms. The first-order valence-corrected chi connectivity index (χ1v) is 6.81. The molecule has 3 nitrogen and oxygen atoms in total. The SMILES string of the molecule is CC[C@@H](O)c1ccccc1N1CCC(N(C)C)C1. The van der Waals surface area contributed by atoms with Crippen LogP contribution in [0.5, 0.6) is 0 Å². The Hall–Kier alpha value is -1.06. The molecular formula is C15H24N2O. The fourth-order valence-electron chi connectivity index (χ4n) is 2.66. The highest BCUT2D eigenvalue weighted by atomic mass is 16.3. The Balaban J connectivity index is 2.19. The first kappa shape index (κ1) is 13.4. The van der Waals surface area contributed by atoms with Gasteiger partial charge in [-0.05, 0) is 33.0 Å². The summed E-state index contributed by atoms with van der Waals surface area (Å²) in [7, 11) is 4.28. The summed E-state index contributed by atoms with van der Waals surface area (Å²) >= 11 is 0. The molecule has 1 unspecified atom stereocenters. The monoisotopic (exact) mass is 248 g/mol. The van der Waals surface area contributed by atoms with Crippen molar-refractivity contribution in [2.24, 2.45) is 0 Å². The number of likely N-dealkylation sites (N-methyl/N-ethyl adjacent to an activating group) is 1. The molecule has 0 radical (unpaired) electrons. The lowest BCUT2D eigenvalue weighted by Crippen LogP contribution is -2.31. The second kappa shape index (κ2) is 5.72. The first-order valence-electron chi connectivity index (χ1n) is 6.81. The lowest BCUT2D eigenvalue weighted by atomic mass is 10.0. The lowest BCUT2D eigenvalue weighted by molar-refractivity contribution is 0.174. The van der Waals surface area contributed by atoms with E-state index in [1.165, 1.54) is 12.1 Å². The van der Waals surface area contributed by atoms with Gasteiger partial charge in [-0.1, -0.05) is 25.1 Å². The number of nitrogens with zero attached hydrogens (tertiary/aromatic N) is 2. The largest absolute Gasteiger partial charge is 0.388 e. The molecule has 1 fully saturated rings. The second-order valence-electron chi connectivity index (χ2n) is 5.33. The van der Waals surface area contributed by atoms with Gasteiger partial charge in [-0.25, -0.2) is 0 Å². The van der Waals surface area contributed by atoms with Crippen LogP contribution in [0.1, 0.15) is 31.4 Å². The molecular weight excluding hydrogens is 224 g/mol. The Kier molecular flexibility index (Phi) is 4.25. The van der Waals surface area contributed by atoms with Gasteiger partial charge in [0.15, 0.2) is 0 Å². The van der Waals surface area contributed by atoms with Gasteiger partial charge in [-0.2, -0.15) is 0 Å². The van der Waals surface area contributed by atoms with E-state index in [1.807, 2.05) is 19.1 Å². The van der Waals surface area contributed by atoms with Gasteiger partial charge in [-0.3, -0.25) is 0 Å². The van der Waals surface area contributed by atoms with Crippen molar-refractivity contribution in [2.45, 2.75) is 31.9 Å². The molecule has 1 aromatic rings. The molecule has 1 saturated heterocycles. The van der Waals surface area contributed by atoms with E-state index in [9.17, 15) is 5.11 Å². The molecule has 1 aliphatic heterocycles. The Morgan fingerprint density at radius 2 is 2.11 bits per heavy atom. The third kappa shape index (κ3) is 2.68. The molecule has 1 N–H and O–H groups in total. The number of para-hydroxylation sites is 1. The molecule has 1 heterocycles. The minimum Gasteiger partial charge on any atom is -0.388 e. The molecule has 0 aromatic heterocycles. The van der Waals surface area contributed by atoms with Gasteiger partial charge in [0, 0.05) is 30.4 Å². The van der Waals surface area contributed by atoms with Gasteiger partial charge < -0.3 is 14.9 Å². The van der Waals surface area contributed by atoms with E-state index in [0.717, 1.165) is 25.1 Å². The van der Waals surface area contributed by atoms with Gasteiger partial charge in [-0.15, -0.1) is 0 Å². The maximum absolute atomic E-state index is 10.1. The summed E-state index contributed by atoms with van der Waals surface area (Å²) in [6.07, 6.45) is 1.62. The summed E-state index contributed by atoms with van der Waals surface area (Å²) in [5.41, 5.74) is 2.27. The average Bonchev–Trinajstić information content (AvgIpc) is 2.87. The van der Waals surface area contributed by atoms with Gasteiger partial charge in [0.25, 0.3) is 0 Å². The summed E-state index contributed by atoms with van der Waals surface area (Å²) in [5, 5.41) is 10.1. The van der Waals surface area contributed by atoms with E-state index in [2.05, 4.69) is 36.0 Å². The van der Waals surface area contributed by atoms with Crippen LogP contribution in [-0.4, -0.2) is 43.2 Å². The standard InChI is InChI=1S/C15H24N2O/c1-4-15(18)13-7-5-6-8-14(13)17-10-9-12(11-17)16(2)3/h5-8,12,15,18H,4,9-11H2,1-3H3/t12?,15-/m1/s1. The maximum atomic E-state index is 10.1. The van der Waals surface area contributed by atoms with Crippen LogP contribution in [0.25, 0.3) is 0 Å². The fourth-order valence-corrected chi connectivity index (χ4v) is 2.66. The average molecular weight is 248 g/mol. The number of rotatable bonds is 4. The minimum atomic E-state index is -0.348. The molecule has 0 bridgehead atoms. The second-order valence-corrected chi connectivity index (χ2v) is 5.33. The van der Waals surface area contributed by atoms with Crippen LogP contribution >= 0.6 is 0 Å². The van der Waals surface area contributed by atoms with Crippen LogP contribution < -0.4 is 4.90 Å². The van der Waals surface area contributed by atoms with Crippen molar-refractivity contribution in [1.82, 2.24) is 4.90 Å². The highest BCUT2D eigenvalue weighted by Crippen LogP contribution is 2.30. The van der Waals surface area contributed by atoms with Crippen molar-refractivity contribution in [3.05, 3.63) is 29.8 Å². The molecule has 0 aliphatic carbocycles. The van der Waals surface area contributed by atoms with E-state index in [4.69, 9.17) is 0 Å². The molecule has 1 aromatic carbocycles. The number of anilines is 1. The third-order valence-electron chi connectivity index (χ3n) is 3.92. The Bertz CT molecular complexity index is 392. The predicted molar refractivity (Wildman–Crippen MR) is 76.0 cm³/mol. The van der Waals surface area contributed by atoms with Crippen molar-refractivity contribution >= 4 is 5.69 Å². The predicted octanol–water partition coefficient (Wildman–Crippen LogP) is 2.27. The molecule has 0 saturated carbocycles. The first-order chi connectivity index (χ1) is 8.63. The zero-order chi connectivity index (χ0) is 13.1. The highest BCUT2D eigenvalue weighted by Gasteiger charge is 2.26. The molecule has 3 heteroatoms. The Labute approximate surface area is 110 Å². The molecule has 2 atom stereocenters. The van der Waals surface area contributed by atoms with Gasteiger partial charge in [0.2, 0.25) is 0 Å². The van der Waals surface area contributed by atoms with Gasteiger partial charge >= 0.3 is 0 Å². The van der Waals surface area contributed by atoms with Crippen molar-refractivity contribution in [1.29, 1.82) is 0 Å². The summed E-state index contributed by atoms with van der Waals surface area (Å²) in [4.78, 5) is 4.69.